The number of hydrogen-bond acceptors (Lipinski definition) is 5. The number of rotatable bonds is 7. The lowest BCUT2D eigenvalue weighted by Gasteiger charge is -2.09. The first-order valence-electron chi connectivity index (χ1n) is 9.49. The summed E-state index contributed by atoms with van der Waals surface area (Å²) in [4.78, 5) is 24.8. The van der Waals surface area contributed by atoms with Crippen molar-refractivity contribution in [1.82, 2.24) is 0 Å². The van der Waals surface area contributed by atoms with Gasteiger partial charge in [-0.1, -0.05) is 24.3 Å². The van der Waals surface area contributed by atoms with Crippen molar-refractivity contribution in [1.29, 1.82) is 0 Å². The standard InChI is InChI=1S/C22H20N2O5S/c25-21(15-9-10-15)23-17-5-4-6-18(13-17)24-22(26)20-16(11-12-29-20)14-30(27,28)19-7-2-1-3-8-19/h1-8,11-13,15H,9-10,14H2,(H,23,25)(H,24,26). The molecule has 3 aromatic rings. The van der Waals surface area contributed by atoms with Crippen molar-refractivity contribution in [2.75, 3.05) is 10.6 Å². The Morgan fingerprint density at radius 1 is 0.933 bits per heavy atom. The smallest absolute Gasteiger partial charge is 0.291 e. The van der Waals surface area contributed by atoms with Crippen LogP contribution in [-0.2, 0) is 20.4 Å². The summed E-state index contributed by atoms with van der Waals surface area (Å²) in [6.45, 7) is 0. The molecule has 1 aliphatic rings. The van der Waals surface area contributed by atoms with Crippen molar-refractivity contribution >= 4 is 33.0 Å². The molecule has 1 aliphatic carbocycles. The van der Waals surface area contributed by atoms with E-state index in [1.165, 1.54) is 24.5 Å². The van der Waals surface area contributed by atoms with Crippen LogP contribution in [0.3, 0.4) is 0 Å². The number of nitrogens with one attached hydrogen (secondary N) is 2. The average Bonchev–Trinajstić information content (AvgIpc) is 3.48. The summed E-state index contributed by atoms with van der Waals surface area (Å²) in [7, 11) is -3.62. The van der Waals surface area contributed by atoms with Crippen molar-refractivity contribution < 1.29 is 22.4 Å². The Hall–Kier alpha value is -3.39. The van der Waals surface area contributed by atoms with Gasteiger partial charge in [0.25, 0.3) is 5.91 Å². The molecule has 0 unspecified atom stereocenters. The van der Waals surface area contributed by atoms with Crippen molar-refractivity contribution in [2.24, 2.45) is 5.92 Å². The lowest BCUT2D eigenvalue weighted by atomic mass is 10.2. The predicted octanol–water partition coefficient (Wildman–Crippen LogP) is 3.85. The molecule has 0 atom stereocenters. The number of benzene rings is 2. The maximum Gasteiger partial charge on any atom is 0.291 e. The molecule has 1 heterocycles. The van der Waals surface area contributed by atoms with E-state index >= 15 is 0 Å². The molecular weight excluding hydrogens is 404 g/mol. The number of carbonyl (C=O) groups excluding carboxylic acids is 2. The summed E-state index contributed by atoms with van der Waals surface area (Å²) >= 11 is 0. The van der Waals surface area contributed by atoms with Crippen LogP contribution in [-0.4, -0.2) is 20.2 Å². The van der Waals surface area contributed by atoms with Gasteiger partial charge in [-0.05, 0) is 49.2 Å². The van der Waals surface area contributed by atoms with Crippen LogP contribution in [0.25, 0.3) is 0 Å². The van der Waals surface area contributed by atoms with E-state index in [1.807, 2.05) is 0 Å². The SMILES string of the molecule is O=C(Nc1cccc(NC(=O)C2CC2)c1)c1occc1CS(=O)(=O)c1ccccc1. The van der Waals surface area contributed by atoms with Crippen LogP contribution in [0, 0.1) is 5.92 Å². The number of hydrogen-bond donors (Lipinski definition) is 2. The third-order valence-corrected chi connectivity index (χ3v) is 6.42. The van der Waals surface area contributed by atoms with Gasteiger partial charge in [0.05, 0.1) is 16.9 Å². The second kappa shape index (κ2) is 8.16. The van der Waals surface area contributed by atoms with Crippen LogP contribution in [0.2, 0.25) is 0 Å². The molecule has 2 aromatic carbocycles. The fourth-order valence-electron chi connectivity index (χ4n) is 3.02. The summed E-state index contributed by atoms with van der Waals surface area (Å²) in [5, 5.41) is 5.51. The molecular formula is C22H20N2O5S. The number of furan rings is 1. The molecule has 2 amide bonds. The average molecular weight is 424 g/mol. The van der Waals surface area contributed by atoms with Crippen molar-refractivity contribution in [3.8, 4) is 0 Å². The molecule has 0 spiro atoms. The van der Waals surface area contributed by atoms with E-state index in [-0.39, 0.29) is 33.8 Å². The highest BCUT2D eigenvalue weighted by Crippen LogP contribution is 2.30. The second-order valence-electron chi connectivity index (χ2n) is 7.15. The van der Waals surface area contributed by atoms with Crippen LogP contribution < -0.4 is 10.6 Å². The quantitative estimate of drug-likeness (QED) is 0.599. The predicted molar refractivity (Wildman–Crippen MR) is 112 cm³/mol. The molecule has 7 nitrogen and oxygen atoms in total. The van der Waals surface area contributed by atoms with Gasteiger partial charge in [0.1, 0.15) is 0 Å². The fourth-order valence-corrected chi connectivity index (χ4v) is 4.39. The zero-order valence-electron chi connectivity index (χ0n) is 16.0. The van der Waals surface area contributed by atoms with E-state index in [0.717, 1.165) is 12.8 Å². The first kappa shape index (κ1) is 19.9. The van der Waals surface area contributed by atoms with Crippen molar-refractivity contribution in [3.63, 3.8) is 0 Å². The van der Waals surface area contributed by atoms with Gasteiger partial charge >= 0.3 is 0 Å². The summed E-state index contributed by atoms with van der Waals surface area (Å²) in [6, 6.07) is 16.3. The topological polar surface area (TPSA) is 105 Å². The van der Waals surface area contributed by atoms with E-state index < -0.39 is 15.7 Å². The van der Waals surface area contributed by atoms with Crippen LogP contribution in [0.5, 0.6) is 0 Å². The third kappa shape index (κ3) is 4.60. The number of carbonyl (C=O) groups is 2. The molecule has 1 aromatic heterocycles. The van der Waals surface area contributed by atoms with Crippen LogP contribution >= 0.6 is 0 Å². The molecule has 0 saturated heterocycles. The molecule has 2 N–H and O–H groups in total. The number of anilines is 2. The van der Waals surface area contributed by atoms with Gasteiger partial charge in [-0.15, -0.1) is 0 Å². The monoisotopic (exact) mass is 424 g/mol. The molecule has 8 heteroatoms. The molecule has 0 aliphatic heterocycles. The Balaban J connectivity index is 1.47. The summed E-state index contributed by atoms with van der Waals surface area (Å²) in [6.07, 6.45) is 3.09. The largest absolute Gasteiger partial charge is 0.459 e. The minimum atomic E-state index is -3.62. The molecule has 154 valence electrons. The Bertz CT molecular complexity index is 1180. The van der Waals surface area contributed by atoms with E-state index in [1.54, 1.807) is 42.5 Å². The lowest BCUT2D eigenvalue weighted by Crippen LogP contribution is -2.16. The zero-order valence-corrected chi connectivity index (χ0v) is 16.8. The number of sulfone groups is 1. The highest BCUT2D eigenvalue weighted by molar-refractivity contribution is 7.90. The van der Waals surface area contributed by atoms with Gasteiger partial charge in [0.15, 0.2) is 15.6 Å². The molecule has 4 rings (SSSR count). The Morgan fingerprint density at radius 2 is 1.63 bits per heavy atom. The minimum Gasteiger partial charge on any atom is -0.459 e. The fraction of sp³-hybridized carbons (Fsp3) is 0.182. The van der Waals surface area contributed by atoms with Gasteiger partial charge < -0.3 is 15.1 Å². The van der Waals surface area contributed by atoms with Gasteiger partial charge in [0.2, 0.25) is 5.91 Å². The number of amides is 2. The molecule has 0 radical (unpaired) electrons. The van der Waals surface area contributed by atoms with E-state index in [4.69, 9.17) is 4.42 Å². The minimum absolute atomic E-state index is 0.0297. The van der Waals surface area contributed by atoms with Crippen LogP contribution in [0.4, 0.5) is 11.4 Å². The summed E-state index contributed by atoms with van der Waals surface area (Å²) < 4.78 is 30.5. The maximum atomic E-state index is 12.7. The van der Waals surface area contributed by atoms with Crippen LogP contribution in [0.15, 0.2) is 76.2 Å². The zero-order chi connectivity index (χ0) is 21.1. The Labute approximate surface area is 174 Å². The summed E-state index contributed by atoms with van der Waals surface area (Å²) in [5.41, 5.74) is 1.31. The second-order valence-corrected chi connectivity index (χ2v) is 9.14. The van der Waals surface area contributed by atoms with E-state index in [2.05, 4.69) is 10.6 Å². The Morgan fingerprint density at radius 3 is 2.33 bits per heavy atom. The van der Waals surface area contributed by atoms with Crippen molar-refractivity contribution in [2.45, 2.75) is 23.5 Å². The van der Waals surface area contributed by atoms with Gasteiger partial charge in [0, 0.05) is 22.9 Å². The first-order valence-corrected chi connectivity index (χ1v) is 11.1. The third-order valence-electron chi connectivity index (χ3n) is 4.74. The summed E-state index contributed by atoms with van der Waals surface area (Å²) in [5.74, 6) is -0.947. The van der Waals surface area contributed by atoms with Crippen LogP contribution in [0.1, 0.15) is 29.0 Å². The van der Waals surface area contributed by atoms with Gasteiger partial charge in [-0.3, -0.25) is 9.59 Å². The Kier molecular flexibility index (Phi) is 5.41. The highest BCUT2D eigenvalue weighted by Gasteiger charge is 2.29. The normalized spacial score (nSPS) is 13.6. The first-order chi connectivity index (χ1) is 14.4. The van der Waals surface area contributed by atoms with Gasteiger partial charge in [-0.2, -0.15) is 0 Å². The van der Waals surface area contributed by atoms with E-state index in [9.17, 15) is 18.0 Å². The molecule has 1 saturated carbocycles. The van der Waals surface area contributed by atoms with Crippen molar-refractivity contribution in [3.05, 3.63) is 78.3 Å². The molecule has 30 heavy (non-hydrogen) atoms. The van der Waals surface area contributed by atoms with Gasteiger partial charge in [-0.25, -0.2) is 8.42 Å². The highest BCUT2D eigenvalue weighted by atomic mass is 32.2. The maximum absolute atomic E-state index is 12.7. The van der Waals surface area contributed by atoms with E-state index in [0.29, 0.717) is 11.4 Å². The molecule has 1 fully saturated rings. The lowest BCUT2D eigenvalue weighted by molar-refractivity contribution is -0.117. The molecule has 0 bridgehead atoms.